The summed E-state index contributed by atoms with van der Waals surface area (Å²) in [6, 6.07) is 12.6. The Bertz CT molecular complexity index is 1950. The molecule has 3 heterocycles. The van der Waals surface area contributed by atoms with Crippen LogP contribution >= 0.6 is 27.3 Å². The number of non-ortho nitro benzene ring substituents is 1. The number of allylic oxidation sites excluding steroid dienone is 1. The number of ether oxygens (including phenoxy) is 2. The fourth-order valence-corrected chi connectivity index (χ4v) is 6.41. The van der Waals surface area contributed by atoms with Crippen molar-refractivity contribution in [3.05, 3.63) is 111 Å². The van der Waals surface area contributed by atoms with Crippen LogP contribution in [0.25, 0.3) is 17.4 Å². The van der Waals surface area contributed by atoms with Gasteiger partial charge in [0.25, 0.3) is 11.2 Å². The molecule has 0 saturated carbocycles. The molecule has 12 heteroatoms. The van der Waals surface area contributed by atoms with E-state index in [0.29, 0.717) is 55.4 Å². The molecule has 222 valence electrons. The maximum atomic E-state index is 14.1. The molecule has 1 aliphatic rings. The zero-order valence-electron chi connectivity index (χ0n) is 23.9. The predicted molar refractivity (Wildman–Crippen MR) is 166 cm³/mol. The highest BCUT2D eigenvalue weighted by Gasteiger charge is 2.36. The molecule has 10 nitrogen and oxygen atoms in total. The van der Waals surface area contributed by atoms with Gasteiger partial charge in [-0.1, -0.05) is 46.7 Å². The lowest BCUT2D eigenvalue weighted by Crippen LogP contribution is -2.40. The van der Waals surface area contributed by atoms with Crippen LogP contribution in [-0.2, 0) is 9.53 Å². The van der Waals surface area contributed by atoms with E-state index in [1.807, 2.05) is 26.0 Å². The third-order valence-corrected chi connectivity index (χ3v) is 8.45. The van der Waals surface area contributed by atoms with E-state index in [4.69, 9.17) is 18.9 Å². The van der Waals surface area contributed by atoms with Gasteiger partial charge < -0.3 is 13.9 Å². The number of fused-ring (bicyclic) bond motifs is 1. The quantitative estimate of drug-likeness (QED) is 0.125. The second-order valence-corrected chi connectivity index (χ2v) is 11.7. The van der Waals surface area contributed by atoms with Gasteiger partial charge in [-0.3, -0.25) is 19.5 Å². The average molecular weight is 667 g/mol. The van der Waals surface area contributed by atoms with Crippen LogP contribution < -0.4 is 19.6 Å². The molecule has 2 aromatic carbocycles. The number of thiazole rings is 1. The van der Waals surface area contributed by atoms with Crippen LogP contribution in [0, 0.1) is 17.0 Å². The normalized spacial score (nSPS) is 14.8. The van der Waals surface area contributed by atoms with Gasteiger partial charge in [0.1, 0.15) is 23.3 Å². The van der Waals surface area contributed by atoms with Crippen molar-refractivity contribution < 1.29 is 23.6 Å². The van der Waals surface area contributed by atoms with E-state index in [1.165, 1.54) is 35.1 Å². The minimum Gasteiger partial charge on any atom is -0.496 e. The van der Waals surface area contributed by atoms with E-state index in [-0.39, 0.29) is 17.9 Å². The first-order chi connectivity index (χ1) is 20.7. The van der Waals surface area contributed by atoms with E-state index >= 15 is 0 Å². The molecule has 0 radical (unpaired) electrons. The number of carbonyl (C=O) groups is 1. The number of furan rings is 1. The third kappa shape index (κ3) is 5.84. The van der Waals surface area contributed by atoms with Gasteiger partial charge >= 0.3 is 5.97 Å². The first kappa shape index (κ1) is 30.2. The second-order valence-electron chi connectivity index (χ2n) is 9.76. The second kappa shape index (κ2) is 12.5. The standard InChI is InChI=1S/C31H28BrN3O7S/c1-5-7-23-27(30(37)41-6-2)28(22-14-18(32)9-12-24(22)40-4)34-29(36)26(43-31(34)33-23)16-20-11-13-25(42-20)21-15-19(35(38)39)10-8-17(21)3/h8-16,28H,5-7H2,1-4H3/b26-16+/t28-/m0/s1. The van der Waals surface area contributed by atoms with E-state index in [1.54, 1.807) is 37.3 Å². The lowest BCUT2D eigenvalue weighted by atomic mass is 9.93. The fraction of sp³-hybridized carbons (Fsp3) is 0.258. The molecule has 2 aromatic heterocycles. The lowest BCUT2D eigenvalue weighted by molar-refractivity contribution is -0.384. The molecule has 0 aliphatic carbocycles. The predicted octanol–water partition coefficient (Wildman–Crippen LogP) is 5.83. The Kier molecular flexibility index (Phi) is 8.79. The fourth-order valence-electron chi connectivity index (χ4n) is 5.03. The Labute approximate surface area is 258 Å². The zero-order chi connectivity index (χ0) is 30.8. The van der Waals surface area contributed by atoms with Crippen LogP contribution in [-0.4, -0.2) is 29.2 Å². The van der Waals surface area contributed by atoms with Crippen LogP contribution in [0.1, 0.15) is 49.6 Å². The highest BCUT2D eigenvalue weighted by atomic mass is 79.9. The number of methoxy groups -OCH3 is 1. The Hall–Kier alpha value is -4.29. The highest BCUT2D eigenvalue weighted by molar-refractivity contribution is 9.10. The van der Waals surface area contributed by atoms with Crippen molar-refractivity contribution in [2.24, 2.45) is 4.99 Å². The summed E-state index contributed by atoms with van der Waals surface area (Å²) < 4.78 is 19.8. The number of hydrogen-bond acceptors (Lipinski definition) is 9. The topological polar surface area (TPSA) is 126 Å². The number of nitro benzene ring substituents is 1. The number of hydrogen-bond donors (Lipinski definition) is 0. The van der Waals surface area contributed by atoms with E-state index in [9.17, 15) is 19.7 Å². The van der Waals surface area contributed by atoms with Crippen molar-refractivity contribution in [3.8, 4) is 17.1 Å². The van der Waals surface area contributed by atoms with Gasteiger partial charge in [-0.05, 0) is 56.2 Å². The first-order valence-electron chi connectivity index (χ1n) is 13.6. The third-order valence-electron chi connectivity index (χ3n) is 6.98. The SMILES string of the molecule is CCCC1=C(C(=O)OCC)[C@H](c2cc(Br)ccc2OC)n2c(s/c(=C/c3ccc(-c4cc([N+](=O)[O-])ccc4C)o3)c2=O)=N1. The van der Waals surface area contributed by atoms with Crippen LogP contribution in [0.15, 0.2) is 78.5 Å². The molecular weight excluding hydrogens is 638 g/mol. The van der Waals surface area contributed by atoms with Crippen LogP contribution in [0.3, 0.4) is 0 Å². The highest BCUT2D eigenvalue weighted by Crippen LogP contribution is 2.38. The molecule has 0 N–H and O–H groups in total. The number of carbonyl (C=O) groups excluding carboxylic acids is 1. The Morgan fingerprint density at radius 3 is 2.70 bits per heavy atom. The van der Waals surface area contributed by atoms with Crippen LogP contribution in [0.4, 0.5) is 5.69 Å². The summed E-state index contributed by atoms with van der Waals surface area (Å²) in [6.45, 7) is 5.73. The number of rotatable bonds is 9. The molecule has 0 amide bonds. The number of aryl methyl sites for hydroxylation is 1. The number of nitrogens with zero attached hydrogens (tertiary/aromatic N) is 3. The molecule has 1 atom stereocenters. The summed E-state index contributed by atoms with van der Waals surface area (Å²) in [5.74, 6) is 0.789. The summed E-state index contributed by atoms with van der Waals surface area (Å²) in [5.41, 5.74) is 2.44. The van der Waals surface area contributed by atoms with Gasteiger partial charge in [0.2, 0.25) is 0 Å². The van der Waals surface area contributed by atoms with Gasteiger partial charge in [-0.15, -0.1) is 0 Å². The largest absolute Gasteiger partial charge is 0.496 e. The molecule has 4 aromatic rings. The lowest BCUT2D eigenvalue weighted by Gasteiger charge is -2.27. The summed E-state index contributed by atoms with van der Waals surface area (Å²) in [7, 11) is 1.54. The van der Waals surface area contributed by atoms with Crippen molar-refractivity contribution in [1.29, 1.82) is 0 Å². The number of halogens is 1. The summed E-state index contributed by atoms with van der Waals surface area (Å²) in [6.07, 6.45) is 2.85. The van der Waals surface area contributed by atoms with Gasteiger partial charge in [0.05, 0.1) is 34.4 Å². The number of esters is 1. The molecule has 0 bridgehead atoms. The minimum absolute atomic E-state index is 0.0462. The first-order valence-corrected chi connectivity index (χ1v) is 15.2. The molecule has 43 heavy (non-hydrogen) atoms. The van der Waals surface area contributed by atoms with Crippen LogP contribution in [0.5, 0.6) is 5.75 Å². The minimum atomic E-state index is -0.842. The van der Waals surface area contributed by atoms with Crippen molar-refractivity contribution in [2.45, 2.75) is 39.7 Å². The monoisotopic (exact) mass is 665 g/mol. The average Bonchev–Trinajstić information content (AvgIpc) is 3.56. The number of nitro groups is 1. The van der Waals surface area contributed by atoms with Gasteiger partial charge in [0.15, 0.2) is 4.80 Å². The molecule has 0 saturated heterocycles. The number of aromatic nitrogens is 1. The van der Waals surface area contributed by atoms with Gasteiger partial charge in [0, 0.05) is 33.8 Å². The Morgan fingerprint density at radius 2 is 2.00 bits per heavy atom. The molecule has 5 rings (SSSR count). The summed E-state index contributed by atoms with van der Waals surface area (Å²) in [4.78, 5) is 43.6. The Balaban J connectivity index is 1.70. The maximum absolute atomic E-state index is 14.1. The van der Waals surface area contributed by atoms with Crippen molar-refractivity contribution in [1.82, 2.24) is 4.57 Å². The van der Waals surface area contributed by atoms with Gasteiger partial charge in [-0.2, -0.15) is 0 Å². The number of benzene rings is 2. The van der Waals surface area contributed by atoms with E-state index in [2.05, 4.69) is 15.9 Å². The molecule has 0 spiro atoms. The van der Waals surface area contributed by atoms with Crippen LogP contribution in [0.2, 0.25) is 0 Å². The van der Waals surface area contributed by atoms with Crippen molar-refractivity contribution in [3.63, 3.8) is 0 Å². The molecular formula is C31H28BrN3O7S. The smallest absolute Gasteiger partial charge is 0.338 e. The van der Waals surface area contributed by atoms with E-state index in [0.717, 1.165) is 16.5 Å². The molecule has 1 aliphatic heterocycles. The van der Waals surface area contributed by atoms with E-state index < -0.39 is 16.9 Å². The molecule has 0 unspecified atom stereocenters. The van der Waals surface area contributed by atoms with Crippen molar-refractivity contribution >= 4 is 45.0 Å². The summed E-state index contributed by atoms with van der Waals surface area (Å²) >= 11 is 4.70. The summed E-state index contributed by atoms with van der Waals surface area (Å²) in [5, 5.41) is 11.3. The maximum Gasteiger partial charge on any atom is 0.338 e. The molecule has 0 fully saturated rings. The van der Waals surface area contributed by atoms with Gasteiger partial charge in [-0.25, -0.2) is 9.79 Å². The van der Waals surface area contributed by atoms with Crippen molar-refractivity contribution in [2.75, 3.05) is 13.7 Å². The Morgan fingerprint density at radius 1 is 1.21 bits per heavy atom. The zero-order valence-corrected chi connectivity index (χ0v) is 26.3.